The van der Waals surface area contributed by atoms with E-state index < -0.39 is 0 Å². The van der Waals surface area contributed by atoms with Gasteiger partial charge in [-0.1, -0.05) is 18.2 Å². The minimum absolute atomic E-state index is 0.173. The normalized spacial score (nSPS) is 10.5. The monoisotopic (exact) mass is 262 g/mol. The number of thiophene rings is 1. The van der Waals surface area contributed by atoms with Gasteiger partial charge in [0.1, 0.15) is 0 Å². The summed E-state index contributed by atoms with van der Waals surface area (Å²) in [5.74, 6) is 0. The molecule has 0 saturated carbocycles. The summed E-state index contributed by atoms with van der Waals surface area (Å²) in [6.45, 7) is 3.31. The lowest BCUT2D eigenvalue weighted by molar-refractivity contribution is -0.385. The summed E-state index contributed by atoms with van der Waals surface area (Å²) in [7, 11) is 0. The molecule has 0 fully saturated rings. The van der Waals surface area contributed by atoms with Gasteiger partial charge in [-0.3, -0.25) is 10.1 Å². The van der Waals surface area contributed by atoms with Gasteiger partial charge in [-0.2, -0.15) is 11.3 Å². The Hall–Kier alpha value is -1.72. The van der Waals surface area contributed by atoms with E-state index in [0.717, 1.165) is 12.1 Å². The molecular formula is C13H14N2O2S. The van der Waals surface area contributed by atoms with Gasteiger partial charge in [0.25, 0.3) is 5.69 Å². The second-order valence-corrected chi connectivity index (χ2v) is 4.81. The SMILES string of the molecule is Cc1cscc1CNCc1ccccc1[N+](=O)[O-]. The summed E-state index contributed by atoms with van der Waals surface area (Å²) < 4.78 is 0. The van der Waals surface area contributed by atoms with Crippen LogP contribution in [0.3, 0.4) is 0 Å². The molecule has 1 aromatic carbocycles. The highest BCUT2D eigenvalue weighted by Crippen LogP contribution is 2.18. The van der Waals surface area contributed by atoms with Crippen molar-refractivity contribution in [2.24, 2.45) is 0 Å². The second-order valence-electron chi connectivity index (χ2n) is 4.07. The van der Waals surface area contributed by atoms with Crippen LogP contribution in [-0.2, 0) is 13.1 Å². The molecule has 0 aliphatic heterocycles. The first kappa shape index (κ1) is 12.7. The van der Waals surface area contributed by atoms with Crippen LogP contribution in [0.15, 0.2) is 35.0 Å². The van der Waals surface area contributed by atoms with E-state index in [2.05, 4.69) is 23.0 Å². The molecule has 0 spiro atoms. The first-order valence-electron chi connectivity index (χ1n) is 5.63. The number of nitrogens with zero attached hydrogens (tertiary/aromatic N) is 1. The van der Waals surface area contributed by atoms with E-state index in [0.29, 0.717) is 6.54 Å². The van der Waals surface area contributed by atoms with E-state index in [1.54, 1.807) is 23.5 Å². The number of benzene rings is 1. The lowest BCUT2D eigenvalue weighted by atomic mass is 10.1. The van der Waals surface area contributed by atoms with Crippen LogP contribution < -0.4 is 5.32 Å². The van der Waals surface area contributed by atoms with Crippen LogP contribution in [-0.4, -0.2) is 4.92 Å². The Kier molecular flexibility index (Phi) is 4.07. The standard InChI is InChI=1S/C13H14N2O2S/c1-10-8-18-9-12(10)7-14-6-11-4-2-3-5-13(11)15(16)17/h2-5,8-9,14H,6-7H2,1H3. The predicted molar refractivity (Wildman–Crippen MR) is 72.7 cm³/mol. The van der Waals surface area contributed by atoms with Gasteiger partial charge in [0.15, 0.2) is 0 Å². The summed E-state index contributed by atoms with van der Waals surface area (Å²) in [5, 5.41) is 18.3. The number of hydrogen-bond acceptors (Lipinski definition) is 4. The summed E-state index contributed by atoms with van der Waals surface area (Å²) >= 11 is 1.67. The first-order chi connectivity index (χ1) is 8.68. The lowest BCUT2D eigenvalue weighted by Crippen LogP contribution is -2.13. The maximum absolute atomic E-state index is 10.8. The van der Waals surface area contributed by atoms with Crippen LogP contribution in [0.1, 0.15) is 16.7 Å². The minimum Gasteiger partial charge on any atom is -0.308 e. The van der Waals surface area contributed by atoms with Crippen molar-refractivity contribution in [3.8, 4) is 0 Å². The van der Waals surface area contributed by atoms with Gasteiger partial charge in [-0.25, -0.2) is 0 Å². The van der Waals surface area contributed by atoms with Crippen LogP contribution in [0.2, 0.25) is 0 Å². The molecule has 1 N–H and O–H groups in total. The van der Waals surface area contributed by atoms with Crippen LogP contribution in [0.5, 0.6) is 0 Å². The van der Waals surface area contributed by atoms with Gasteiger partial charge < -0.3 is 5.32 Å². The van der Waals surface area contributed by atoms with E-state index in [9.17, 15) is 10.1 Å². The Bertz CT molecular complexity index is 551. The van der Waals surface area contributed by atoms with Crippen molar-refractivity contribution >= 4 is 17.0 Å². The summed E-state index contributed by atoms with van der Waals surface area (Å²) in [6.07, 6.45) is 0. The zero-order valence-electron chi connectivity index (χ0n) is 10.1. The van der Waals surface area contributed by atoms with Gasteiger partial charge in [0, 0.05) is 24.7 Å². The van der Waals surface area contributed by atoms with Crippen molar-refractivity contribution in [2.45, 2.75) is 20.0 Å². The average molecular weight is 262 g/mol. The van der Waals surface area contributed by atoms with Crippen molar-refractivity contribution in [1.82, 2.24) is 5.32 Å². The molecule has 1 aromatic heterocycles. The van der Waals surface area contributed by atoms with Gasteiger partial charge in [0.2, 0.25) is 0 Å². The molecular weight excluding hydrogens is 248 g/mol. The number of nitro benzene ring substituents is 1. The van der Waals surface area contributed by atoms with E-state index in [-0.39, 0.29) is 10.6 Å². The Morgan fingerprint density at radius 2 is 1.94 bits per heavy atom. The molecule has 0 bridgehead atoms. The third-order valence-corrected chi connectivity index (χ3v) is 3.69. The zero-order valence-corrected chi connectivity index (χ0v) is 10.9. The van der Waals surface area contributed by atoms with Gasteiger partial charge in [-0.15, -0.1) is 0 Å². The Morgan fingerprint density at radius 1 is 1.22 bits per heavy atom. The molecule has 5 heteroatoms. The maximum atomic E-state index is 10.8. The molecule has 0 radical (unpaired) electrons. The third kappa shape index (κ3) is 2.94. The minimum atomic E-state index is -0.340. The molecule has 0 saturated heterocycles. The van der Waals surface area contributed by atoms with Crippen LogP contribution >= 0.6 is 11.3 Å². The predicted octanol–water partition coefficient (Wildman–Crippen LogP) is 3.25. The van der Waals surface area contributed by atoms with Crippen molar-refractivity contribution in [3.63, 3.8) is 0 Å². The van der Waals surface area contributed by atoms with Crippen molar-refractivity contribution in [1.29, 1.82) is 0 Å². The fourth-order valence-electron chi connectivity index (χ4n) is 1.74. The van der Waals surface area contributed by atoms with Crippen molar-refractivity contribution in [3.05, 3.63) is 61.8 Å². The van der Waals surface area contributed by atoms with Gasteiger partial charge >= 0.3 is 0 Å². The Labute approximate surface area is 109 Å². The molecule has 18 heavy (non-hydrogen) atoms. The van der Waals surface area contributed by atoms with Crippen LogP contribution in [0, 0.1) is 17.0 Å². The lowest BCUT2D eigenvalue weighted by Gasteiger charge is -2.05. The third-order valence-electron chi connectivity index (χ3n) is 2.78. The highest BCUT2D eigenvalue weighted by molar-refractivity contribution is 7.08. The van der Waals surface area contributed by atoms with E-state index >= 15 is 0 Å². The molecule has 1 heterocycles. The summed E-state index contributed by atoms with van der Waals surface area (Å²) in [5.41, 5.74) is 3.40. The summed E-state index contributed by atoms with van der Waals surface area (Å²) in [6, 6.07) is 6.82. The number of hydrogen-bond donors (Lipinski definition) is 1. The number of nitrogens with one attached hydrogen (secondary N) is 1. The van der Waals surface area contributed by atoms with Crippen LogP contribution in [0.4, 0.5) is 5.69 Å². The molecule has 2 aromatic rings. The molecule has 0 aliphatic carbocycles. The van der Waals surface area contributed by atoms with E-state index in [1.807, 2.05) is 6.07 Å². The van der Waals surface area contributed by atoms with Gasteiger partial charge in [0.05, 0.1) is 4.92 Å². The average Bonchev–Trinajstić information content (AvgIpc) is 2.76. The fourth-order valence-corrected chi connectivity index (χ4v) is 2.60. The number of rotatable bonds is 5. The zero-order chi connectivity index (χ0) is 13.0. The molecule has 0 amide bonds. The molecule has 94 valence electrons. The number of para-hydroxylation sites is 1. The van der Waals surface area contributed by atoms with Crippen molar-refractivity contribution < 1.29 is 4.92 Å². The smallest absolute Gasteiger partial charge is 0.273 e. The largest absolute Gasteiger partial charge is 0.308 e. The molecule has 0 unspecified atom stereocenters. The number of nitro groups is 1. The second kappa shape index (κ2) is 5.75. The Balaban J connectivity index is 1.99. The van der Waals surface area contributed by atoms with Gasteiger partial charge in [-0.05, 0) is 28.8 Å². The Morgan fingerprint density at radius 3 is 2.61 bits per heavy atom. The summed E-state index contributed by atoms with van der Waals surface area (Å²) in [4.78, 5) is 10.5. The maximum Gasteiger partial charge on any atom is 0.273 e. The highest BCUT2D eigenvalue weighted by atomic mass is 32.1. The topological polar surface area (TPSA) is 55.2 Å². The number of aryl methyl sites for hydroxylation is 1. The quantitative estimate of drug-likeness (QED) is 0.664. The molecule has 0 atom stereocenters. The van der Waals surface area contributed by atoms with Crippen LogP contribution in [0.25, 0.3) is 0 Å². The molecule has 0 aliphatic rings. The van der Waals surface area contributed by atoms with E-state index in [4.69, 9.17) is 0 Å². The first-order valence-corrected chi connectivity index (χ1v) is 6.57. The molecule has 4 nitrogen and oxygen atoms in total. The van der Waals surface area contributed by atoms with Crippen molar-refractivity contribution in [2.75, 3.05) is 0 Å². The van der Waals surface area contributed by atoms with E-state index in [1.165, 1.54) is 17.2 Å². The fraction of sp³-hybridized carbons (Fsp3) is 0.231. The molecule has 2 rings (SSSR count). The highest BCUT2D eigenvalue weighted by Gasteiger charge is 2.11.